The van der Waals surface area contributed by atoms with Crippen LogP contribution in [0.4, 0.5) is 0 Å². The van der Waals surface area contributed by atoms with Gasteiger partial charge in [0.05, 0.1) is 12.3 Å². The lowest BCUT2D eigenvalue weighted by atomic mass is 10.1. The maximum Gasteiger partial charge on any atom is 0.266 e. The van der Waals surface area contributed by atoms with E-state index in [0.717, 1.165) is 44.7 Å². The summed E-state index contributed by atoms with van der Waals surface area (Å²) in [6.07, 6.45) is 6.63. The van der Waals surface area contributed by atoms with Crippen LogP contribution in [0, 0.1) is 12.8 Å². The molecule has 0 radical (unpaired) electrons. The number of aromatic nitrogens is 3. The van der Waals surface area contributed by atoms with Crippen LogP contribution in [-0.4, -0.2) is 51.6 Å². The Bertz CT molecular complexity index is 723. The largest absolute Gasteiger partial charge is 0.381 e. The summed E-state index contributed by atoms with van der Waals surface area (Å²) >= 11 is 1.39. The highest BCUT2D eigenvalue weighted by molar-refractivity contribution is 7.17. The van der Waals surface area contributed by atoms with Gasteiger partial charge >= 0.3 is 0 Å². The predicted molar refractivity (Wildman–Crippen MR) is 90.9 cm³/mol. The van der Waals surface area contributed by atoms with Gasteiger partial charge in [0.15, 0.2) is 10.8 Å². The molecule has 2 aromatic rings. The highest BCUT2D eigenvalue weighted by atomic mass is 32.1. The van der Waals surface area contributed by atoms with Crippen LogP contribution in [0.2, 0.25) is 0 Å². The number of aryl methyl sites for hydroxylation is 1. The van der Waals surface area contributed by atoms with Crippen molar-refractivity contribution in [3.63, 3.8) is 0 Å². The van der Waals surface area contributed by atoms with E-state index in [1.807, 2.05) is 11.8 Å². The SMILES string of the molecule is Cc1nc(-c2ncccn2)sc1C(=O)N(CC1CCOC1)C1CC1. The first-order chi connectivity index (χ1) is 11.7. The predicted octanol–water partition coefficient (Wildman–Crippen LogP) is 2.55. The molecule has 6 nitrogen and oxygen atoms in total. The number of ether oxygens (including phenoxy) is 1. The van der Waals surface area contributed by atoms with Gasteiger partial charge in [-0.25, -0.2) is 15.0 Å². The van der Waals surface area contributed by atoms with E-state index >= 15 is 0 Å². The normalized spacial score (nSPS) is 20.3. The first kappa shape index (κ1) is 15.7. The molecule has 0 spiro atoms. The van der Waals surface area contributed by atoms with E-state index in [1.165, 1.54) is 11.3 Å². The van der Waals surface area contributed by atoms with Gasteiger partial charge in [-0.15, -0.1) is 11.3 Å². The number of hydrogen-bond acceptors (Lipinski definition) is 6. The smallest absolute Gasteiger partial charge is 0.266 e. The summed E-state index contributed by atoms with van der Waals surface area (Å²) in [5.74, 6) is 1.13. The minimum absolute atomic E-state index is 0.0987. The summed E-state index contributed by atoms with van der Waals surface area (Å²) in [7, 11) is 0. The third-order valence-electron chi connectivity index (χ3n) is 4.48. The van der Waals surface area contributed by atoms with Gasteiger partial charge in [0.25, 0.3) is 5.91 Å². The highest BCUT2D eigenvalue weighted by Crippen LogP contribution is 2.33. The second-order valence-corrected chi connectivity index (χ2v) is 7.42. The fraction of sp³-hybridized carbons (Fsp3) is 0.529. The lowest BCUT2D eigenvalue weighted by Crippen LogP contribution is -2.37. The van der Waals surface area contributed by atoms with Crippen LogP contribution in [0.1, 0.15) is 34.6 Å². The maximum atomic E-state index is 13.1. The molecular formula is C17H20N4O2S. The van der Waals surface area contributed by atoms with E-state index in [9.17, 15) is 4.79 Å². The zero-order valence-electron chi connectivity index (χ0n) is 13.6. The Morgan fingerprint density at radius 2 is 2.12 bits per heavy atom. The number of thiazole rings is 1. The van der Waals surface area contributed by atoms with Crippen LogP contribution in [0.5, 0.6) is 0 Å². The number of carbonyl (C=O) groups is 1. The maximum absolute atomic E-state index is 13.1. The third kappa shape index (κ3) is 3.18. The molecule has 126 valence electrons. The molecule has 7 heteroatoms. The quantitative estimate of drug-likeness (QED) is 0.834. The molecule has 24 heavy (non-hydrogen) atoms. The molecule has 0 N–H and O–H groups in total. The van der Waals surface area contributed by atoms with E-state index in [-0.39, 0.29) is 5.91 Å². The van der Waals surface area contributed by atoms with E-state index in [1.54, 1.807) is 18.5 Å². The topological polar surface area (TPSA) is 68.2 Å². The molecule has 2 fully saturated rings. The molecule has 1 saturated heterocycles. The zero-order valence-corrected chi connectivity index (χ0v) is 14.5. The number of nitrogens with zero attached hydrogens (tertiary/aromatic N) is 4. The Kier molecular flexibility index (Phi) is 4.28. The molecule has 1 saturated carbocycles. The second kappa shape index (κ2) is 6.57. The second-order valence-electron chi connectivity index (χ2n) is 6.42. The fourth-order valence-corrected chi connectivity index (χ4v) is 3.99. The standard InChI is InChI=1S/C17H20N4O2S/c1-11-14(24-16(20-11)15-18-6-2-7-19-15)17(22)21(13-3-4-13)9-12-5-8-23-10-12/h2,6-7,12-13H,3-5,8-10H2,1H3. The minimum Gasteiger partial charge on any atom is -0.381 e. The van der Waals surface area contributed by atoms with Gasteiger partial charge in [-0.05, 0) is 32.3 Å². The first-order valence-electron chi connectivity index (χ1n) is 8.36. The molecule has 3 heterocycles. The molecule has 0 aromatic carbocycles. The van der Waals surface area contributed by atoms with Crippen molar-refractivity contribution in [1.29, 1.82) is 0 Å². The van der Waals surface area contributed by atoms with Crippen LogP contribution in [0.15, 0.2) is 18.5 Å². The average Bonchev–Trinajstić information content (AvgIpc) is 3.17. The summed E-state index contributed by atoms with van der Waals surface area (Å²) in [4.78, 5) is 28.8. The Balaban J connectivity index is 1.57. The monoisotopic (exact) mass is 344 g/mol. The van der Waals surface area contributed by atoms with Crippen molar-refractivity contribution in [3.8, 4) is 10.8 Å². The van der Waals surface area contributed by atoms with Crippen molar-refractivity contribution >= 4 is 17.2 Å². The van der Waals surface area contributed by atoms with Crippen molar-refractivity contribution < 1.29 is 9.53 Å². The number of rotatable bonds is 5. The molecule has 1 amide bonds. The van der Waals surface area contributed by atoms with E-state index in [0.29, 0.717) is 27.7 Å². The van der Waals surface area contributed by atoms with Gasteiger partial charge in [-0.1, -0.05) is 0 Å². The Hall–Kier alpha value is -1.86. The summed E-state index contributed by atoms with van der Waals surface area (Å²) in [6, 6.07) is 2.16. The zero-order chi connectivity index (χ0) is 16.5. The molecule has 0 bridgehead atoms. The number of hydrogen-bond donors (Lipinski definition) is 0. The Morgan fingerprint density at radius 3 is 2.79 bits per heavy atom. The summed E-state index contributed by atoms with van der Waals surface area (Å²) < 4.78 is 5.47. The van der Waals surface area contributed by atoms with Gasteiger partial charge in [-0.3, -0.25) is 4.79 Å². The molecule has 2 aromatic heterocycles. The first-order valence-corrected chi connectivity index (χ1v) is 9.17. The van der Waals surface area contributed by atoms with Gasteiger partial charge in [0, 0.05) is 37.5 Å². The van der Waals surface area contributed by atoms with E-state index in [2.05, 4.69) is 15.0 Å². The molecule has 1 aliphatic carbocycles. The third-order valence-corrected chi connectivity index (χ3v) is 5.62. The molecule has 1 atom stereocenters. The number of carbonyl (C=O) groups excluding carboxylic acids is 1. The summed E-state index contributed by atoms with van der Waals surface area (Å²) in [5, 5.41) is 0.705. The Morgan fingerprint density at radius 1 is 1.33 bits per heavy atom. The lowest BCUT2D eigenvalue weighted by molar-refractivity contribution is 0.0710. The molecular weight excluding hydrogens is 324 g/mol. The molecule has 1 unspecified atom stereocenters. The molecule has 1 aliphatic heterocycles. The number of amides is 1. The van der Waals surface area contributed by atoms with Crippen molar-refractivity contribution in [2.45, 2.75) is 32.2 Å². The van der Waals surface area contributed by atoms with Crippen LogP contribution >= 0.6 is 11.3 Å². The van der Waals surface area contributed by atoms with Crippen molar-refractivity contribution in [1.82, 2.24) is 19.9 Å². The summed E-state index contributed by atoms with van der Waals surface area (Å²) in [6.45, 7) is 4.26. The van der Waals surface area contributed by atoms with Gasteiger partial charge < -0.3 is 9.64 Å². The molecule has 4 rings (SSSR count). The van der Waals surface area contributed by atoms with Gasteiger partial charge in [0.1, 0.15) is 4.88 Å². The summed E-state index contributed by atoms with van der Waals surface area (Å²) in [5.41, 5.74) is 0.765. The van der Waals surface area contributed by atoms with Crippen molar-refractivity contribution in [2.24, 2.45) is 5.92 Å². The minimum atomic E-state index is 0.0987. The lowest BCUT2D eigenvalue weighted by Gasteiger charge is -2.24. The van der Waals surface area contributed by atoms with Crippen LogP contribution in [0.3, 0.4) is 0 Å². The van der Waals surface area contributed by atoms with Crippen molar-refractivity contribution in [3.05, 3.63) is 29.0 Å². The van der Waals surface area contributed by atoms with E-state index < -0.39 is 0 Å². The van der Waals surface area contributed by atoms with Crippen LogP contribution < -0.4 is 0 Å². The highest BCUT2D eigenvalue weighted by Gasteiger charge is 2.36. The van der Waals surface area contributed by atoms with Gasteiger partial charge in [-0.2, -0.15) is 0 Å². The Labute approximate surface area is 144 Å². The molecule has 2 aliphatic rings. The van der Waals surface area contributed by atoms with Crippen molar-refractivity contribution in [2.75, 3.05) is 19.8 Å². The van der Waals surface area contributed by atoms with E-state index in [4.69, 9.17) is 4.74 Å². The van der Waals surface area contributed by atoms with Crippen LogP contribution in [0.25, 0.3) is 10.8 Å². The fourth-order valence-electron chi connectivity index (χ4n) is 3.02. The van der Waals surface area contributed by atoms with Gasteiger partial charge in [0.2, 0.25) is 0 Å². The van der Waals surface area contributed by atoms with Crippen LogP contribution in [-0.2, 0) is 4.74 Å². The average molecular weight is 344 g/mol.